The van der Waals surface area contributed by atoms with Crippen LogP contribution in [-0.2, 0) is 0 Å². The zero-order chi connectivity index (χ0) is 21.7. The number of benzene rings is 1. The molecule has 0 fully saturated rings. The molecule has 0 radical (unpaired) electrons. The van der Waals surface area contributed by atoms with E-state index in [1.807, 2.05) is 36.0 Å². The van der Waals surface area contributed by atoms with Gasteiger partial charge in [-0.3, -0.25) is 0 Å². The first-order valence-electron chi connectivity index (χ1n) is 12.3. The van der Waals surface area contributed by atoms with Crippen molar-refractivity contribution in [2.75, 3.05) is 25.2 Å². The standard InChI is InChI=1S/C26H46O3S/c1-3-4-5-6-7-8-9-10-11-12-13-14-15-16-21-30-23-24(27)22-29-26-19-17-25(28-2)18-20-26/h17-20,24,27H,3-16,21-23H2,1-2H3. The average Bonchev–Trinajstić information content (AvgIpc) is 2.77. The van der Waals surface area contributed by atoms with Gasteiger partial charge in [-0.2, -0.15) is 11.8 Å². The van der Waals surface area contributed by atoms with Crippen LogP contribution in [0.15, 0.2) is 24.3 Å². The van der Waals surface area contributed by atoms with Crippen molar-refractivity contribution in [1.29, 1.82) is 0 Å². The molecule has 1 aromatic rings. The fraction of sp³-hybridized carbons (Fsp3) is 0.769. The SMILES string of the molecule is CCCCCCCCCCCCCCCCSCC(O)COc1ccc(OC)cc1. The van der Waals surface area contributed by atoms with Crippen LogP contribution < -0.4 is 9.47 Å². The van der Waals surface area contributed by atoms with Gasteiger partial charge in [0.15, 0.2) is 0 Å². The summed E-state index contributed by atoms with van der Waals surface area (Å²) in [5.41, 5.74) is 0. The van der Waals surface area contributed by atoms with Crippen molar-refractivity contribution in [3.8, 4) is 11.5 Å². The summed E-state index contributed by atoms with van der Waals surface area (Å²) in [6.07, 6.45) is 19.1. The molecule has 0 saturated carbocycles. The van der Waals surface area contributed by atoms with Crippen molar-refractivity contribution in [1.82, 2.24) is 0 Å². The number of aliphatic hydroxyl groups is 1. The van der Waals surface area contributed by atoms with Gasteiger partial charge in [-0.15, -0.1) is 0 Å². The van der Waals surface area contributed by atoms with Crippen LogP contribution in [0.5, 0.6) is 11.5 Å². The van der Waals surface area contributed by atoms with Crippen LogP contribution in [0.1, 0.15) is 96.8 Å². The Balaban J connectivity index is 1.80. The molecule has 0 aliphatic rings. The van der Waals surface area contributed by atoms with Gasteiger partial charge < -0.3 is 14.6 Å². The Labute approximate surface area is 190 Å². The van der Waals surface area contributed by atoms with Crippen molar-refractivity contribution >= 4 is 11.8 Å². The van der Waals surface area contributed by atoms with Gasteiger partial charge in [-0.1, -0.05) is 90.4 Å². The highest BCUT2D eigenvalue weighted by Crippen LogP contribution is 2.18. The molecule has 3 nitrogen and oxygen atoms in total. The van der Waals surface area contributed by atoms with Crippen LogP contribution in [0.4, 0.5) is 0 Å². The summed E-state index contributed by atoms with van der Waals surface area (Å²) in [6, 6.07) is 7.47. The van der Waals surface area contributed by atoms with E-state index >= 15 is 0 Å². The van der Waals surface area contributed by atoms with Crippen molar-refractivity contribution in [3.05, 3.63) is 24.3 Å². The maximum Gasteiger partial charge on any atom is 0.119 e. The Bertz CT molecular complexity index is 478. The summed E-state index contributed by atoms with van der Waals surface area (Å²) >= 11 is 1.84. The molecule has 0 aliphatic carbocycles. The van der Waals surface area contributed by atoms with Crippen LogP contribution in [-0.4, -0.2) is 36.4 Å². The van der Waals surface area contributed by atoms with Gasteiger partial charge >= 0.3 is 0 Å². The maximum absolute atomic E-state index is 10.1. The molecule has 1 rings (SSSR count). The quantitative estimate of drug-likeness (QED) is 0.200. The third kappa shape index (κ3) is 15.9. The summed E-state index contributed by atoms with van der Waals surface area (Å²) in [7, 11) is 1.65. The first kappa shape index (κ1) is 27.2. The van der Waals surface area contributed by atoms with E-state index in [4.69, 9.17) is 9.47 Å². The summed E-state index contributed by atoms with van der Waals surface area (Å²) < 4.78 is 10.8. The zero-order valence-corrected chi connectivity index (χ0v) is 20.4. The third-order valence-electron chi connectivity index (χ3n) is 5.45. The molecule has 174 valence electrons. The molecule has 30 heavy (non-hydrogen) atoms. The number of hydrogen-bond donors (Lipinski definition) is 1. The molecule has 1 atom stereocenters. The molecule has 0 spiro atoms. The predicted molar refractivity (Wildman–Crippen MR) is 132 cm³/mol. The Morgan fingerprint density at radius 3 is 1.70 bits per heavy atom. The Hall–Kier alpha value is -0.870. The third-order valence-corrected chi connectivity index (χ3v) is 6.65. The number of aliphatic hydroxyl groups excluding tert-OH is 1. The highest BCUT2D eigenvalue weighted by Gasteiger charge is 2.06. The van der Waals surface area contributed by atoms with Crippen molar-refractivity contribution in [2.24, 2.45) is 0 Å². The van der Waals surface area contributed by atoms with E-state index < -0.39 is 6.10 Å². The number of rotatable bonds is 21. The van der Waals surface area contributed by atoms with Gasteiger partial charge in [0.05, 0.1) is 13.2 Å². The summed E-state index contributed by atoms with van der Waals surface area (Å²) in [6.45, 7) is 2.63. The highest BCUT2D eigenvalue weighted by molar-refractivity contribution is 7.99. The van der Waals surface area contributed by atoms with E-state index in [2.05, 4.69) is 6.92 Å². The molecule has 0 aromatic heterocycles. The molecule has 1 unspecified atom stereocenters. The first-order valence-corrected chi connectivity index (χ1v) is 13.4. The lowest BCUT2D eigenvalue weighted by Crippen LogP contribution is -2.20. The van der Waals surface area contributed by atoms with E-state index in [-0.39, 0.29) is 0 Å². The molecule has 0 amide bonds. The number of methoxy groups -OCH3 is 1. The predicted octanol–water partition coefficient (Wildman–Crippen LogP) is 7.65. The fourth-order valence-corrected chi connectivity index (χ4v) is 4.47. The molecule has 1 N–H and O–H groups in total. The van der Waals surface area contributed by atoms with Gasteiger partial charge in [0, 0.05) is 5.75 Å². The number of unbranched alkanes of at least 4 members (excludes halogenated alkanes) is 13. The monoisotopic (exact) mass is 438 g/mol. The molecular formula is C26H46O3S. The minimum atomic E-state index is -0.413. The second-order valence-corrected chi connectivity index (χ2v) is 9.46. The average molecular weight is 439 g/mol. The van der Waals surface area contributed by atoms with Gasteiger partial charge in [-0.25, -0.2) is 0 Å². The minimum absolute atomic E-state index is 0.345. The summed E-state index contributed by atoms with van der Waals surface area (Å²) in [5.74, 6) is 3.46. The molecule has 0 saturated heterocycles. The Morgan fingerprint density at radius 2 is 1.20 bits per heavy atom. The molecule has 1 aromatic carbocycles. The minimum Gasteiger partial charge on any atom is -0.497 e. The number of thioether (sulfide) groups is 1. The smallest absolute Gasteiger partial charge is 0.119 e. The van der Waals surface area contributed by atoms with Crippen LogP contribution in [0.2, 0.25) is 0 Å². The molecule has 0 bridgehead atoms. The molecule has 0 aliphatic heterocycles. The highest BCUT2D eigenvalue weighted by atomic mass is 32.2. The van der Waals surface area contributed by atoms with Crippen LogP contribution >= 0.6 is 11.8 Å². The zero-order valence-electron chi connectivity index (χ0n) is 19.6. The fourth-order valence-electron chi connectivity index (χ4n) is 3.53. The summed E-state index contributed by atoms with van der Waals surface area (Å²) in [4.78, 5) is 0. The van der Waals surface area contributed by atoms with Gasteiger partial charge in [0.25, 0.3) is 0 Å². The maximum atomic E-state index is 10.1. The van der Waals surface area contributed by atoms with Crippen LogP contribution in [0.25, 0.3) is 0 Å². The molecule has 4 heteroatoms. The van der Waals surface area contributed by atoms with Crippen LogP contribution in [0, 0.1) is 0 Å². The molecule has 0 heterocycles. The Kier molecular flexibility index (Phi) is 18.2. The normalized spacial score (nSPS) is 12.1. The lowest BCUT2D eigenvalue weighted by molar-refractivity contribution is 0.126. The van der Waals surface area contributed by atoms with Crippen molar-refractivity contribution < 1.29 is 14.6 Å². The number of hydrogen-bond acceptors (Lipinski definition) is 4. The molecular weight excluding hydrogens is 392 g/mol. The number of ether oxygens (including phenoxy) is 2. The topological polar surface area (TPSA) is 38.7 Å². The first-order chi connectivity index (χ1) is 14.8. The van der Waals surface area contributed by atoms with Gasteiger partial charge in [-0.05, 0) is 36.4 Å². The van der Waals surface area contributed by atoms with Gasteiger partial charge in [0.2, 0.25) is 0 Å². The Morgan fingerprint density at radius 1 is 0.733 bits per heavy atom. The van der Waals surface area contributed by atoms with E-state index in [1.54, 1.807) is 7.11 Å². The second kappa shape index (κ2) is 20.1. The summed E-state index contributed by atoms with van der Waals surface area (Å²) in [5, 5.41) is 10.1. The van der Waals surface area contributed by atoms with Gasteiger partial charge in [0.1, 0.15) is 18.1 Å². The lowest BCUT2D eigenvalue weighted by atomic mass is 10.0. The largest absolute Gasteiger partial charge is 0.497 e. The lowest BCUT2D eigenvalue weighted by Gasteiger charge is -2.12. The van der Waals surface area contributed by atoms with E-state index in [9.17, 15) is 5.11 Å². The van der Waals surface area contributed by atoms with Crippen molar-refractivity contribution in [3.63, 3.8) is 0 Å². The van der Waals surface area contributed by atoms with Crippen LogP contribution in [0.3, 0.4) is 0 Å². The van der Waals surface area contributed by atoms with E-state index in [1.165, 1.54) is 89.9 Å². The van der Waals surface area contributed by atoms with E-state index in [0.717, 1.165) is 23.0 Å². The second-order valence-electron chi connectivity index (χ2n) is 8.31. The van der Waals surface area contributed by atoms with E-state index in [0.29, 0.717) is 6.61 Å². The van der Waals surface area contributed by atoms with Crippen molar-refractivity contribution in [2.45, 2.75) is 103 Å².